The van der Waals surface area contributed by atoms with Crippen molar-refractivity contribution < 1.29 is 9.47 Å². The molecule has 2 heterocycles. The molecule has 2 aromatic carbocycles. The average molecular weight is 402 g/mol. The number of piperidine rings is 1. The Kier molecular flexibility index (Phi) is 5.28. The molecule has 0 amide bonds. The zero-order chi connectivity index (χ0) is 17.1. The molecular weight excluding hydrogens is 378 g/mol. The second kappa shape index (κ2) is 7.79. The molecule has 132 valence electrons. The highest BCUT2D eigenvalue weighted by atomic mass is 79.9. The first-order chi connectivity index (χ1) is 12.3. The molecule has 25 heavy (non-hydrogen) atoms. The van der Waals surface area contributed by atoms with E-state index in [1.807, 2.05) is 6.07 Å². The van der Waals surface area contributed by atoms with E-state index in [0.717, 1.165) is 28.4 Å². The van der Waals surface area contributed by atoms with Crippen LogP contribution in [0.15, 0.2) is 46.9 Å². The van der Waals surface area contributed by atoms with Gasteiger partial charge in [-0.1, -0.05) is 46.3 Å². The highest BCUT2D eigenvalue weighted by molar-refractivity contribution is 9.10. The quantitative estimate of drug-likeness (QED) is 0.742. The number of rotatable bonds is 4. The number of halogens is 1. The predicted molar refractivity (Wildman–Crippen MR) is 103 cm³/mol. The molecular formula is C21H24BrNO2. The summed E-state index contributed by atoms with van der Waals surface area (Å²) in [5.41, 5.74) is 2.75. The van der Waals surface area contributed by atoms with Crippen LogP contribution in [0, 0.1) is 5.92 Å². The van der Waals surface area contributed by atoms with Gasteiger partial charge in [0.05, 0.1) is 0 Å². The Bertz CT molecular complexity index is 711. The van der Waals surface area contributed by atoms with Crippen LogP contribution in [-0.4, -0.2) is 31.2 Å². The van der Waals surface area contributed by atoms with Gasteiger partial charge in [0.15, 0.2) is 11.5 Å². The third-order valence-corrected chi connectivity index (χ3v) is 5.92. The van der Waals surface area contributed by atoms with E-state index in [2.05, 4.69) is 57.2 Å². The maximum atomic E-state index is 5.73. The molecule has 0 radical (unpaired) electrons. The van der Waals surface area contributed by atoms with Gasteiger partial charge < -0.3 is 9.47 Å². The van der Waals surface area contributed by atoms with E-state index in [1.54, 1.807) is 0 Å². The summed E-state index contributed by atoms with van der Waals surface area (Å²) in [7, 11) is 0. The van der Waals surface area contributed by atoms with Crippen molar-refractivity contribution in [1.82, 2.24) is 4.90 Å². The fraction of sp³-hybridized carbons (Fsp3) is 0.429. The lowest BCUT2D eigenvalue weighted by Crippen LogP contribution is -2.34. The van der Waals surface area contributed by atoms with Crippen molar-refractivity contribution in [3.63, 3.8) is 0 Å². The Morgan fingerprint density at radius 1 is 0.960 bits per heavy atom. The van der Waals surface area contributed by atoms with Crippen molar-refractivity contribution in [2.45, 2.75) is 25.8 Å². The monoisotopic (exact) mass is 401 g/mol. The highest BCUT2D eigenvalue weighted by Crippen LogP contribution is 2.36. The van der Waals surface area contributed by atoms with E-state index in [1.165, 1.54) is 43.5 Å². The van der Waals surface area contributed by atoms with Gasteiger partial charge in [0.1, 0.15) is 13.2 Å². The minimum absolute atomic E-state index is 0.633. The molecule has 0 N–H and O–H groups in total. The van der Waals surface area contributed by atoms with Crippen LogP contribution in [0.4, 0.5) is 0 Å². The summed E-state index contributed by atoms with van der Waals surface area (Å²) >= 11 is 3.70. The van der Waals surface area contributed by atoms with Crippen LogP contribution in [0.5, 0.6) is 11.5 Å². The molecule has 0 saturated carbocycles. The van der Waals surface area contributed by atoms with E-state index >= 15 is 0 Å². The van der Waals surface area contributed by atoms with Gasteiger partial charge in [-0.25, -0.2) is 0 Å². The molecule has 2 aliphatic heterocycles. The van der Waals surface area contributed by atoms with Crippen molar-refractivity contribution in [1.29, 1.82) is 0 Å². The number of ether oxygens (including phenoxy) is 2. The lowest BCUT2D eigenvalue weighted by Gasteiger charge is -2.32. The Morgan fingerprint density at radius 3 is 2.36 bits per heavy atom. The van der Waals surface area contributed by atoms with Gasteiger partial charge in [-0.05, 0) is 61.5 Å². The van der Waals surface area contributed by atoms with Gasteiger partial charge in [-0.3, -0.25) is 4.90 Å². The van der Waals surface area contributed by atoms with E-state index in [-0.39, 0.29) is 0 Å². The lowest BCUT2D eigenvalue weighted by atomic mass is 9.90. The van der Waals surface area contributed by atoms with Crippen LogP contribution in [-0.2, 0) is 13.0 Å². The molecule has 0 unspecified atom stereocenters. The molecule has 0 aromatic heterocycles. The van der Waals surface area contributed by atoms with E-state index < -0.39 is 0 Å². The lowest BCUT2D eigenvalue weighted by molar-refractivity contribution is 0.167. The van der Waals surface area contributed by atoms with Crippen LogP contribution in [0.3, 0.4) is 0 Å². The molecule has 1 fully saturated rings. The Morgan fingerprint density at radius 2 is 1.64 bits per heavy atom. The predicted octanol–water partition coefficient (Wildman–Crippen LogP) is 4.68. The fourth-order valence-corrected chi connectivity index (χ4v) is 4.21. The molecule has 0 spiro atoms. The number of hydrogen-bond acceptors (Lipinski definition) is 3. The maximum absolute atomic E-state index is 5.73. The summed E-state index contributed by atoms with van der Waals surface area (Å²) in [6.45, 7) is 4.57. The van der Waals surface area contributed by atoms with Crippen molar-refractivity contribution in [3.8, 4) is 11.5 Å². The number of likely N-dealkylation sites (tertiary alicyclic amines) is 1. The number of hydrogen-bond donors (Lipinski definition) is 0. The molecule has 0 bridgehead atoms. The van der Waals surface area contributed by atoms with Crippen molar-refractivity contribution in [2.24, 2.45) is 5.92 Å². The van der Waals surface area contributed by atoms with Crippen LogP contribution >= 0.6 is 15.9 Å². The second-order valence-corrected chi connectivity index (χ2v) is 7.85. The maximum Gasteiger partial charge on any atom is 0.162 e. The van der Waals surface area contributed by atoms with Gasteiger partial charge in [-0.15, -0.1) is 0 Å². The first-order valence-electron chi connectivity index (χ1n) is 9.12. The molecule has 2 aromatic rings. The van der Waals surface area contributed by atoms with Gasteiger partial charge in [-0.2, -0.15) is 0 Å². The van der Waals surface area contributed by atoms with Crippen LogP contribution < -0.4 is 9.47 Å². The summed E-state index contributed by atoms with van der Waals surface area (Å²) in [5.74, 6) is 2.54. The van der Waals surface area contributed by atoms with Gasteiger partial charge in [0, 0.05) is 11.0 Å². The zero-order valence-electron chi connectivity index (χ0n) is 14.4. The molecule has 1 saturated heterocycles. The number of fused-ring (bicyclic) bond motifs is 1. The summed E-state index contributed by atoms with van der Waals surface area (Å²) in [5, 5.41) is 0. The molecule has 0 aliphatic carbocycles. The summed E-state index contributed by atoms with van der Waals surface area (Å²) in [4.78, 5) is 2.55. The molecule has 3 nitrogen and oxygen atoms in total. The summed E-state index contributed by atoms with van der Waals surface area (Å²) in [6, 6.07) is 15.1. The van der Waals surface area contributed by atoms with Crippen LogP contribution in [0.25, 0.3) is 0 Å². The van der Waals surface area contributed by atoms with Gasteiger partial charge in [0.25, 0.3) is 0 Å². The number of nitrogens with zero attached hydrogens (tertiary/aromatic N) is 1. The SMILES string of the molecule is Brc1cc2c(cc1CN1CCC(Cc3ccccc3)CC1)OCCO2. The molecule has 0 atom stereocenters. The third kappa shape index (κ3) is 4.18. The van der Waals surface area contributed by atoms with Crippen LogP contribution in [0.1, 0.15) is 24.0 Å². The summed E-state index contributed by atoms with van der Waals surface area (Å²) < 4.78 is 12.5. The molecule has 4 rings (SSSR count). The normalized spacial score (nSPS) is 18.3. The van der Waals surface area contributed by atoms with Crippen molar-refractivity contribution in [3.05, 3.63) is 58.1 Å². The number of benzene rings is 2. The van der Waals surface area contributed by atoms with E-state index in [0.29, 0.717) is 13.2 Å². The van der Waals surface area contributed by atoms with Crippen LogP contribution in [0.2, 0.25) is 0 Å². The smallest absolute Gasteiger partial charge is 0.162 e. The Labute approximate surface area is 158 Å². The zero-order valence-corrected chi connectivity index (χ0v) is 16.0. The molecule has 2 aliphatic rings. The van der Waals surface area contributed by atoms with Crippen molar-refractivity contribution >= 4 is 15.9 Å². The summed E-state index contributed by atoms with van der Waals surface area (Å²) in [6.07, 6.45) is 3.76. The van der Waals surface area contributed by atoms with Crippen molar-refractivity contribution in [2.75, 3.05) is 26.3 Å². The third-order valence-electron chi connectivity index (χ3n) is 5.18. The average Bonchev–Trinajstić information content (AvgIpc) is 2.65. The minimum atomic E-state index is 0.633. The minimum Gasteiger partial charge on any atom is -0.486 e. The standard InChI is InChI=1S/C21H24BrNO2/c22-19-14-21-20(24-10-11-25-21)13-18(19)15-23-8-6-17(7-9-23)12-16-4-2-1-3-5-16/h1-5,13-14,17H,6-12,15H2. The highest BCUT2D eigenvalue weighted by Gasteiger charge is 2.21. The largest absolute Gasteiger partial charge is 0.486 e. The topological polar surface area (TPSA) is 21.7 Å². The van der Waals surface area contributed by atoms with E-state index in [4.69, 9.17) is 9.47 Å². The van der Waals surface area contributed by atoms with Gasteiger partial charge in [0.2, 0.25) is 0 Å². The Hall–Kier alpha value is -1.52. The first kappa shape index (κ1) is 16.9. The second-order valence-electron chi connectivity index (χ2n) is 7.00. The fourth-order valence-electron chi connectivity index (χ4n) is 3.76. The Balaban J connectivity index is 1.34. The van der Waals surface area contributed by atoms with E-state index in [9.17, 15) is 0 Å². The van der Waals surface area contributed by atoms with Gasteiger partial charge >= 0.3 is 0 Å². The first-order valence-corrected chi connectivity index (χ1v) is 9.91. The molecule has 4 heteroatoms.